The van der Waals surface area contributed by atoms with E-state index in [-0.39, 0.29) is 5.91 Å². The van der Waals surface area contributed by atoms with Crippen molar-refractivity contribution in [3.05, 3.63) is 90.0 Å². The Morgan fingerprint density at radius 1 is 0.929 bits per heavy atom. The van der Waals surface area contributed by atoms with Crippen LogP contribution < -0.4 is 10.1 Å². The first-order chi connectivity index (χ1) is 13.6. The number of ether oxygens (including phenoxy) is 1. The summed E-state index contributed by atoms with van der Waals surface area (Å²) in [5, 5.41) is 4.04. The van der Waals surface area contributed by atoms with Gasteiger partial charge in [-0.3, -0.25) is 4.79 Å². The van der Waals surface area contributed by atoms with Gasteiger partial charge in [0.1, 0.15) is 5.75 Å². The molecule has 4 aromatic rings. The highest BCUT2D eigenvalue weighted by Crippen LogP contribution is 2.23. The molecule has 1 N–H and O–H groups in total. The third-order valence-corrected chi connectivity index (χ3v) is 4.62. The molecule has 0 radical (unpaired) electrons. The van der Waals surface area contributed by atoms with Gasteiger partial charge in [-0.2, -0.15) is 0 Å². The van der Waals surface area contributed by atoms with Gasteiger partial charge < -0.3 is 10.1 Å². The average Bonchev–Trinajstić information content (AvgIpc) is 2.74. The lowest BCUT2D eigenvalue weighted by Gasteiger charge is -2.08. The summed E-state index contributed by atoms with van der Waals surface area (Å²) < 4.78 is 5.17. The minimum atomic E-state index is -0.175. The number of benzene rings is 3. The summed E-state index contributed by atoms with van der Waals surface area (Å²) in [6.45, 7) is 2.08. The fraction of sp³-hybridized carbons (Fsp3) is 0.0833. The molecular weight excluding hydrogens is 348 g/mol. The number of methoxy groups -OCH3 is 1. The van der Waals surface area contributed by atoms with Crippen molar-refractivity contribution in [3.8, 4) is 17.0 Å². The summed E-state index contributed by atoms with van der Waals surface area (Å²) in [6.07, 6.45) is 0. The summed E-state index contributed by atoms with van der Waals surface area (Å²) in [5.41, 5.74) is 5.38. The van der Waals surface area contributed by atoms with Crippen LogP contribution in [0, 0.1) is 6.92 Å². The van der Waals surface area contributed by atoms with Gasteiger partial charge in [0.05, 0.1) is 18.3 Å². The molecule has 0 aliphatic heterocycles. The predicted octanol–water partition coefficient (Wildman–Crippen LogP) is 5.47. The van der Waals surface area contributed by atoms with Crippen molar-refractivity contribution in [2.75, 3.05) is 12.4 Å². The van der Waals surface area contributed by atoms with Gasteiger partial charge in [0.2, 0.25) is 0 Å². The average molecular weight is 368 g/mol. The zero-order valence-corrected chi connectivity index (χ0v) is 15.8. The van der Waals surface area contributed by atoms with Crippen molar-refractivity contribution >= 4 is 22.5 Å². The fourth-order valence-electron chi connectivity index (χ4n) is 3.10. The Hall–Kier alpha value is -3.66. The number of pyridine rings is 1. The lowest BCUT2D eigenvalue weighted by molar-refractivity contribution is 0.102. The lowest BCUT2D eigenvalue weighted by Crippen LogP contribution is -2.11. The monoisotopic (exact) mass is 368 g/mol. The Morgan fingerprint density at radius 2 is 1.75 bits per heavy atom. The van der Waals surface area contributed by atoms with E-state index in [9.17, 15) is 4.79 Å². The van der Waals surface area contributed by atoms with Crippen LogP contribution in [0.1, 0.15) is 15.9 Å². The molecule has 0 atom stereocenters. The molecule has 0 fully saturated rings. The highest BCUT2D eigenvalue weighted by Gasteiger charge is 2.08. The van der Waals surface area contributed by atoms with Gasteiger partial charge >= 0.3 is 0 Å². The number of hydrogen-bond donors (Lipinski definition) is 1. The van der Waals surface area contributed by atoms with Crippen LogP contribution in [0.3, 0.4) is 0 Å². The summed E-state index contributed by atoms with van der Waals surface area (Å²) in [4.78, 5) is 17.2. The maximum absolute atomic E-state index is 12.4. The number of anilines is 1. The van der Waals surface area contributed by atoms with Crippen LogP contribution in [0.2, 0.25) is 0 Å². The Kier molecular flexibility index (Phi) is 4.77. The molecule has 0 saturated heterocycles. The molecule has 0 aliphatic rings. The first-order valence-corrected chi connectivity index (χ1v) is 9.06. The van der Waals surface area contributed by atoms with Crippen molar-refractivity contribution in [1.82, 2.24) is 4.98 Å². The standard InChI is InChI=1S/C24H20N2O2/c1-16-6-12-23-18(14-16)9-13-22(26-23)17-7-10-20(11-8-17)25-24(27)19-4-3-5-21(15-19)28-2/h3-15H,1-2H3,(H,25,27). The van der Waals surface area contributed by atoms with E-state index in [0.29, 0.717) is 11.3 Å². The lowest BCUT2D eigenvalue weighted by atomic mass is 10.1. The van der Waals surface area contributed by atoms with E-state index in [1.165, 1.54) is 5.56 Å². The van der Waals surface area contributed by atoms with Crippen LogP contribution in [-0.4, -0.2) is 18.0 Å². The van der Waals surface area contributed by atoms with Crippen LogP contribution in [0.25, 0.3) is 22.2 Å². The maximum atomic E-state index is 12.4. The van der Waals surface area contributed by atoms with Gasteiger partial charge in [-0.15, -0.1) is 0 Å². The molecule has 1 amide bonds. The normalized spacial score (nSPS) is 10.6. The highest BCUT2D eigenvalue weighted by atomic mass is 16.5. The van der Waals surface area contributed by atoms with Gasteiger partial charge in [0.25, 0.3) is 5.91 Å². The molecule has 4 heteroatoms. The first kappa shape index (κ1) is 17.7. The molecule has 0 unspecified atom stereocenters. The number of aromatic nitrogens is 1. The molecule has 138 valence electrons. The summed E-state index contributed by atoms with van der Waals surface area (Å²) in [7, 11) is 1.58. The number of amides is 1. The number of rotatable bonds is 4. The largest absolute Gasteiger partial charge is 0.497 e. The molecular formula is C24H20N2O2. The molecule has 0 bridgehead atoms. The van der Waals surface area contributed by atoms with E-state index in [0.717, 1.165) is 27.8 Å². The second-order valence-corrected chi connectivity index (χ2v) is 6.66. The first-order valence-electron chi connectivity index (χ1n) is 9.06. The smallest absolute Gasteiger partial charge is 0.255 e. The van der Waals surface area contributed by atoms with Gasteiger partial charge in [0, 0.05) is 22.2 Å². The number of nitrogens with zero attached hydrogens (tertiary/aromatic N) is 1. The summed E-state index contributed by atoms with van der Waals surface area (Å²) >= 11 is 0. The minimum absolute atomic E-state index is 0.175. The summed E-state index contributed by atoms with van der Waals surface area (Å²) in [6, 6.07) is 25.1. The maximum Gasteiger partial charge on any atom is 0.255 e. The van der Waals surface area contributed by atoms with Crippen LogP contribution in [0.15, 0.2) is 78.9 Å². The van der Waals surface area contributed by atoms with E-state index in [2.05, 4.69) is 30.4 Å². The van der Waals surface area contributed by atoms with Gasteiger partial charge in [-0.1, -0.05) is 35.9 Å². The molecule has 3 aromatic carbocycles. The molecule has 0 aliphatic carbocycles. The molecule has 4 nitrogen and oxygen atoms in total. The van der Waals surface area contributed by atoms with Crippen LogP contribution in [-0.2, 0) is 0 Å². The predicted molar refractivity (Wildman–Crippen MR) is 113 cm³/mol. The molecule has 1 aromatic heterocycles. The van der Waals surface area contributed by atoms with E-state index in [1.54, 1.807) is 25.3 Å². The van der Waals surface area contributed by atoms with E-state index in [1.807, 2.05) is 42.5 Å². The number of nitrogens with one attached hydrogen (secondary N) is 1. The molecule has 0 spiro atoms. The van der Waals surface area contributed by atoms with Crippen molar-refractivity contribution in [2.24, 2.45) is 0 Å². The fourth-order valence-corrected chi connectivity index (χ4v) is 3.10. The number of aryl methyl sites for hydroxylation is 1. The van der Waals surface area contributed by atoms with Gasteiger partial charge in [-0.25, -0.2) is 4.98 Å². The Balaban J connectivity index is 1.53. The van der Waals surface area contributed by atoms with Crippen molar-refractivity contribution in [2.45, 2.75) is 6.92 Å². The second kappa shape index (κ2) is 7.53. The molecule has 28 heavy (non-hydrogen) atoms. The second-order valence-electron chi connectivity index (χ2n) is 6.66. The van der Waals surface area contributed by atoms with Crippen LogP contribution >= 0.6 is 0 Å². The molecule has 0 saturated carbocycles. The topological polar surface area (TPSA) is 51.2 Å². The quantitative estimate of drug-likeness (QED) is 0.519. The highest BCUT2D eigenvalue weighted by molar-refractivity contribution is 6.04. The third kappa shape index (κ3) is 3.71. The van der Waals surface area contributed by atoms with E-state index in [4.69, 9.17) is 9.72 Å². The number of hydrogen-bond acceptors (Lipinski definition) is 3. The van der Waals surface area contributed by atoms with Gasteiger partial charge in [0.15, 0.2) is 0 Å². The third-order valence-electron chi connectivity index (χ3n) is 4.62. The van der Waals surface area contributed by atoms with Crippen LogP contribution in [0.4, 0.5) is 5.69 Å². The van der Waals surface area contributed by atoms with Crippen molar-refractivity contribution < 1.29 is 9.53 Å². The van der Waals surface area contributed by atoms with Crippen LogP contribution in [0.5, 0.6) is 5.75 Å². The van der Waals surface area contributed by atoms with Crippen molar-refractivity contribution in [3.63, 3.8) is 0 Å². The Labute approximate surface area is 163 Å². The van der Waals surface area contributed by atoms with Gasteiger partial charge in [-0.05, 0) is 55.5 Å². The van der Waals surface area contributed by atoms with E-state index < -0.39 is 0 Å². The zero-order valence-electron chi connectivity index (χ0n) is 15.8. The number of carbonyl (C=O) groups is 1. The molecule has 4 rings (SSSR count). The zero-order chi connectivity index (χ0) is 19.5. The Bertz CT molecular complexity index is 1150. The Morgan fingerprint density at radius 3 is 2.54 bits per heavy atom. The minimum Gasteiger partial charge on any atom is -0.497 e. The number of fused-ring (bicyclic) bond motifs is 1. The molecule has 1 heterocycles. The van der Waals surface area contributed by atoms with E-state index >= 15 is 0 Å². The SMILES string of the molecule is COc1cccc(C(=O)Nc2ccc(-c3ccc4cc(C)ccc4n3)cc2)c1. The summed E-state index contributed by atoms with van der Waals surface area (Å²) in [5.74, 6) is 0.478. The number of carbonyl (C=O) groups excluding carboxylic acids is 1. The van der Waals surface area contributed by atoms with Crippen molar-refractivity contribution in [1.29, 1.82) is 0 Å².